The molecule has 238 valence electrons. The highest BCUT2D eigenvalue weighted by Crippen LogP contribution is 2.57. The molecule has 19 nitrogen and oxygen atoms in total. The smallest absolute Gasteiger partial charge is 0.386 e. The van der Waals surface area contributed by atoms with E-state index in [1.54, 1.807) is 0 Å². The number of thiol groups is 2. The van der Waals surface area contributed by atoms with Crippen molar-refractivity contribution in [3.05, 3.63) is 39.7 Å². The van der Waals surface area contributed by atoms with E-state index in [2.05, 4.69) is 54.4 Å². The van der Waals surface area contributed by atoms with Crippen LogP contribution >= 0.6 is 38.5 Å². The van der Waals surface area contributed by atoms with Gasteiger partial charge in [0.05, 0.1) is 37.8 Å². The maximum absolute atomic E-state index is 13.5. The van der Waals surface area contributed by atoms with E-state index in [1.165, 1.54) is 28.1 Å². The highest BCUT2D eigenvalue weighted by atomic mass is 32.7. The van der Waals surface area contributed by atoms with E-state index in [0.717, 1.165) is 0 Å². The van der Waals surface area contributed by atoms with Crippen LogP contribution in [0, 0.1) is 0 Å². The Kier molecular flexibility index (Phi) is 9.04. The number of nitrogens with two attached hydrogens (primary N) is 1. The Labute approximate surface area is 257 Å². The topological polar surface area (TPSA) is 254 Å². The van der Waals surface area contributed by atoms with Crippen LogP contribution in [0.5, 0.6) is 0 Å². The number of aliphatic hydroxyl groups is 1. The molecule has 4 aromatic rings. The third kappa shape index (κ3) is 6.39. The fourth-order valence-electron chi connectivity index (χ4n) is 5.23. The van der Waals surface area contributed by atoms with Gasteiger partial charge in [0.25, 0.3) is 11.1 Å². The molecule has 2 unspecified atom stereocenters. The molecule has 2 saturated heterocycles. The third-order valence-electron chi connectivity index (χ3n) is 7.10. The van der Waals surface area contributed by atoms with Crippen LogP contribution < -0.4 is 16.9 Å². The van der Waals surface area contributed by atoms with Crippen molar-refractivity contribution in [3.63, 3.8) is 0 Å². The van der Waals surface area contributed by atoms with Crippen molar-refractivity contribution in [2.45, 2.75) is 56.1 Å². The molecule has 44 heavy (non-hydrogen) atoms. The van der Waals surface area contributed by atoms with Crippen molar-refractivity contribution in [2.24, 2.45) is 0 Å². The van der Waals surface area contributed by atoms with Crippen LogP contribution in [-0.2, 0) is 32.2 Å². The summed E-state index contributed by atoms with van der Waals surface area (Å²) >= 11 is 8.04. The monoisotopic (exact) mass is 691 g/mol. The van der Waals surface area contributed by atoms with Crippen molar-refractivity contribution >= 4 is 66.8 Å². The van der Waals surface area contributed by atoms with Gasteiger partial charge in [0, 0.05) is 19.4 Å². The lowest BCUT2D eigenvalue weighted by Gasteiger charge is -2.24. The van der Waals surface area contributed by atoms with E-state index in [0.29, 0.717) is 0 Å². The molecule has 4 aromatic heterocycles. The number of rotatable bonds is 11. The summed E-state index contributed by atoms with van der Waals surface area (Å²) in [5, 5.41) is 9.47. The van der Waals surface area contributed by atoms with Crippen molar-refractivity contribution < 1.29 is 37.3 Å². The largest absolute Gasteiger partial charge is 0.396 e. The molecule has 6 rings (SSSR count). The van der Waals surface area contributed by atoms with E-state index in [4.69, 9.17) is 28.8 Å². The van der Waals surface area contributed by atoms with Crippen LogP contribution in [0.1, 0.15) is 31.7 Å². The number of ether oxygens (including phenoxy) is 2. The second kappa shape index (κ2) is 12.7. The zero-order chi connectivity index (χ0) is 31.2. The molecule has 6 heterocycles. The predicted molar refractivity (Wildman–Crippen MR) is 160 cm³/mol. The number of aliphatic hydroxyl groups excluding tert-OH is 1. The molecular formula is C21H27N9O10P2S2. The zero-order valence-electron chi connectivity index (χ0n) is 22.5. The van der Waals surface area contributed by atoms with E-state index in [1.807, 2.05) is 0 Å². The molecule has 2 fully saturated rings. The van der Waals surface area contributed by atoms with Gasteiger partial charge >= 0.3 is 6.80 Å². The summed E-state index contributed by atoms with van der Waals surface area (Å²) in [6, 6.07) is 0. The average Bonchev–Trinajstić information content (AvgIpc) is 3.73. The van der Waals surface area contributed by atoms with Gasteiger partial charge in [-0.2, -0.15) is 4.98 Å². The maximum atomic E-state index is 13.5. The summed E-state index contributed by atoms with van der Waals surface area (Å²) in [5.74, 6) is -0.142. The number of nitrogens with one attached hydrogen (secondary N) is 2. The number of anilines is 1. The third-order valence-corrected chi connectivity index (χ3v) is 9.56. The SMILES string of the molecule is Nc1nc2c(ncn2[C@@H]2O[C@H](CCO)C[C@H]2OP(=O)(S)OC[C@H]2O[C@@H](n3cnc4c(=O)[nH]cnc43)C[C@@H]2O[PH](=O)S)c(=O)[nH]1. The van der Waals surface area contributed by atoms with Gasteiger partial charge < -0.3 is 29.8 Å². The van der Waals surface area contributed by atoms with E-state index >= 15 is 0 Å². The zero-order valence-corrected chi connectivity index (χ0v) is 26.1. The molecule has 5 N–H and O–H groups in total. The fourth-order valence-corrected chi connectivity index (χ4v) is 7.64. The molecule has 0 aliphatic carbocycles. The lowest BCUT2D eigenvalue weighted by Crippen LogP contribution is -2.27. The van der Waals surface area contributed by atoms with Crippen LogP contribution in [0.3, 0.4) is 0 Å². The minimum absolute atomic E-state index is 0.00499. The van der Waals surface area contributed by atoms with Gasteiger partial charge in [0.2, 0.25) is 13.2 Å². The molecule has 0 amide bonds. The number of nitrogen functional groups attached to an aromatic ring is 1. The van der Waals surface area contributed by atoms with E-state index in [9.17, 15) is 23.8 Å². The van der Waals surface area contributed by atoms with Crippen molar-refractivity contribution in [2.75, 3.05) is 18.9 Å². The molecule has 0 bridgehead atoms. The summed E-state index contributed by atoms with van der Waals surface area (Å²) in [5.41, 5.74) is 5.21. The molecule has 0 radical (unpaired) electrons. The fraction of sp³-hybridized carbons (Fsp3) is 0.524. The second-order valence-corrected chi connectivity index (χ2v) is 14.7. The summed E-state index contributed by atoms with van der Waals surface area (Å²) in [4.78, 5) is 45.6. The summed E-state index contributed by atoms with van der Waals surface area (Å²) in [6.45, 7) is -4.68. The number of hydrogen-bond acceptors (Lipinski definition) is 15. The van der Waals surface area contributed by atoms with Gasteiger partial charge in [0.15, 0.2) is 28.6 Å². The second-order valence-electron chi connectivity index (χ2n) is 9.92. The number of imidazole rings is 2. The first kappa shape index (κ1) is 31.4. The average molecular weight is 692 g/mol. The molecule has 2 aliphatic rings. The number of aromatic amines is 2. The molecule has 0 saturated carbocycles. The van der Waals surface area contributed by atoms with Gasteiger partial charge in [-0.1, -0.05) is 24.5 Å². The Morgan fingerprint density at radius 1 is 1.11 bits per heavy atom. The first-order chi connectivity index (χ1) is 21.0. The molecule has 8 atom stereocenters. The number of H-pyrrole nitrogens is 2. The van der Waals surface area contributed by atoms with Crippen molar-refractivity contribution in [1.29, 1.82) is 0 Å². The molecule has 23 heteroatoms. The summed E-state index contributed by atoms with van der Waals surface area (Å²) in [7, 11) is -2.72. The molecule has 2 aliphatic heterocycles. The lowest BCUT2D eigenvalue weighted by atomic mass is 10.1. The molecular weight excluding hydrogens is 664 g/mol. The van der Waals surface area contributed by atoms with Crippen molar-refractivity contribution in [3.8, 4) is 0 Å². The maximum Gasteiger partial charge on any atom is 0.386 e. The van der Waals surface area contributed by atoms with E-state index in [-0.39, 0.29) is 60.8 Å². The standard InChI is InChI=1S/C21H27N9O10P2S2/c22-21-27-17-15(19(33)28-21)26-8-30(17)20-11(3-9(37-20)1-2-31)40-42(35,44)36-5-12-10(39-41(34)43)4-13(38-12)29-7-25-14-16(29)23-6-24-18(14)32/h6-13,20,31,41H,1-5H2,(H,34,43)(H,35,44)(H,23,24,32)(H3,22,27,28,33)/t9-,10+,11-,12-,13-,20-,42?/m1/s1. The van der Waals surface area contributed by atoms with Crippen LogP contribution in [0.15, 0.2) is 28.6 Å². The van der Waals surface area contributed by atoms with Gasteiger partial charge in [-0.05, 0) is 6.42 Å². The van der Waals surface area contributed by atoms with Gasteiger partial charge in [-0.3, -0.25) is 37.3 Å². The Morgan fingerprint density at radius 2 is 1.86 bits per heavy atom. The quantitative estimate of drug-likeness (QED) is 0.0945. The first-order valence-electron chi connectivity index (χ1n) is 13.1. The number of hydrogen-bond donors (Lipinski definition) is 6. The van der Waals surface area contributed by atoms with Gasteiger partial charge in [-0.15, -0.1) is 0 Å². The summed E-state index contributed by atoms with van der Waals surface area (Å²) in [6.07, 6.45) is -0.343. The van der Waals surface area contributed by atoms with Crippen molar-refractivity contribution in [1.82, 2.24) is 39.0 Å². The van der Waals surface area contributed by atoms with Gasteiger partial charge in [-0.25, -0.2) is 19.5 Å². The predicted octanol–water partition coefficient (Wildman–Crippen LogP) is 0.937. The van der Waals surface area contributed by atoms with Crippen LogP contribution in [-0.4, -0.2) is 81.8 Å². The number of aromatic nitrogens is 8. The van der Waals surface area contributed by atoms with Gasteiger partial charge in [0.1, 0.15) is 18.4 Å². The van der Waals surface area contributed by atoms with E-state index < -0.39 is 62.0 Å². The Hall–Kier alpha value is -2.58. The minimum atomic E-state index is -4.14. The van der Waals surface area contributed by atoms with Crippen LogP contribution in [0.2, 0.25) is 0 Å². The van der Waals surface area contributed by atoms with Crippen LogP contribution in [0.25, 0.3) is 22.3 Å². The Morgan fingerprint density at radius 3 is 2.61 bits per heavy atom. The Balaban J connectivity index is 1.19. The first-order valence-corrected chi connectivity index (χ1v) is 18.4. The minimum Gasteiger partial charge on any atom is -0.396 e. The number of nitrogens with zero attached hydrogens (tertiary/aromatic N) is 6. The van der Waals surface area contributed by atoms with Crippen LogP contribution in [0.4, 0.5) is 5.95 Å². The lowest BCUT2D eigenvalue weighted by molar-refractivity contribution is -0.0454. The normalized spacial score (nSPS) is 27.7. The molecule has 0 aromatic carbocycles. The number of fused-ring (bicyclic) bond motifs is 2. The summed E-state index contributed by atoms with van der Waals surface area (Å²) < 4.78 is 57.4. The highest BCUT2D eigenvalue weighted by molar-refractivity contribution is 8.44. The molecule has 0 spiro atoms. The Bertz CT molecular complexity index is 1870. The highest BCUT2D eigenvalue weighted by Gasteiger charge is 2.44.